The van der Waals surface area contributed by atoms with Crippen LogP contribution in [0.15, 0.2) is 11.6 Å². The van der Waals surface area contributed by atoms with Gasteiger partial charge in [0.05, 0.1) is 69.5 Å². The van der Waals surface area contributed by atoms with Gasteiger partial charge in [-0.15, -0.1) is 0 Å². The van der Waals surface area contributed by atoms with E-state index in [0.29, 0.717) is 51.4 Å². The van der Waals surface area contributed by atoms with E-state index in [-0.39, 0.29) is 40.6 Å². The molecule has 43 nitrogen and oxygen atoms in total. The van der Waals surface area contributed by atoms with Crippen molar-refractivity contribution >= 4 is 5.97 Å². The summed E-state index contributed by atoms with van der Waals surface area (Å²) in [5, 5.41) is 264. The minimum atomic E-state index is -2.09. The SMILES string of the molecule is CC1OC(OCC2OC(OC3C(CO)OC(OC4COC(OC5C(O)C(C)OC(OC6C(OC7CCC8(C)C(CCC9(C)C8CC=C8C%10CC(C)(C)CCC%10(C(=O)OC%10OC(COC%11OC(CO)C(OC%12OC(C)C(O)C(O)C%12O)C(O)C%11O)C(O)C(O)C%10O)CCC89C)C7(C)C)OCC(O)C6O)C5O)C(O)C4O)C(O)C3O)C(O)C(O)C2O)C(O)C(O)C1O. The molecular weight excluding hydrogens is 1670 g/mol. The van der Waals surface area contributed by atoms with Crippen LogP contribution >= 0.6 is 0 Å². The fourth-order valence-corrected chi connectivity index (χ4v) is 23.0. The van der Waals surface area contributed by atoms with E-state index >= 15 is 4.79 Å². The normalized spacial score (nSPS) is 54.9. The zero-order valence-corrected chi connectivity index (χ0v) is 71.5. The van der Waals surface area contributed by atoms with Crippen LogP contribution in [0.3, 0.4) is 0 Å². The Kier molecular flexibility index (Phi) is 30.0. The molecule has 51 unspecified atom stereocenters. The maximum atomic E-state index is 15.4. The van der Waals surface area contributed by atoms with E-state index in [4.69, 9.17) is 85.3 Å². The Morgan fingerprint density at radius 1 is 0.384 bits per heavy atom. The van der Waals surface area contributed by atoms with Crippen LogP contribution in [0.2, 0.25) is 0 Å². The molecule has 0 amide bonds. The molecule has 125 heavy (non-hydrogen) atoms. The summed E-state index contributed by atoms with van der Waals surface area (Å²) in [4.78, 5) is 15.4. The minimum Gasteiger partial charge on any atom is -0.432 e. The molecular formula is C82H134O43. The molecule has 0 radical (unpaired) electrons. The maximum absolute atomic E-state index is 15.4. The number of rotatable bonds is 22. The van der Waals surface area contributed by atoms with Gasteiger partial charge in [0.25, 0.3) is 0 Å². The topological polar surface area (TPSA) is 669 Å². The highest BCUT2D eigenvalue weighted by atomic mass is 16.8. The Labute approximate surface area is 721 Å². The maximum Gasteiger partial charge on any atom is 0.315 e. The molecule has 0 aromatic rings. The first-order chi connectivity index (χ1) is 58.7. The van der Waals surface area contributed by atoms with Crippen LogP contribution in [0, 0.1) is 50.2 Å². The molecule has 4 saturated carbocycles. The molecule has 0 aromatic carbocycles. The first kappa shape index (κ1) is 98.6. The molecule has 13 fully saturated rings. The zero-order chi connectivity index (χ0) is 91.0. The molecule has 24 N–H and O–H groups in total. The van der Waals surface area contributed by atoms with Crippen molar-refractivity contribution in [2.45, 2.75) is 404 Å². The lowest BCUT2D eigenvalue weighted by molar-refractivity contribution is -0.387. The van der Waals surface area contributed by atoms with Gasteiger partial charge in [-0.3, -0.25) is 4.79 Å². The van der Waals surface area contributed by atoms with Gasteiger partial charge in [-0.1, -0.05) is 60.1 Å². The summed E-state index contributed by atoms with van der Waals surface area (Å²) >= 11 is 0. The first-order valence-corrected chi connectivity index (χ1v) is 43.8. The Bertz CT molecular complexity index is 3610. The van der Waals surface area contributed by atoms with Crippen molar-refractivity contribution in [3.05, 3.63) is 11.6 Å². The highest BCUT2D eigenvalue weighted by Gasteiger charge is 2.71. The summed E-state index contributed by atoms with van der Waals surface area (Å²) in [5.74, 6) is -0.851. The smallest absolute Gasteiger partial charge is 0.315 e. The number of ether oxygens (including phenoxy) is 18. The highest BCUT2D eigenvalue weighted by molar-refractivity contribution is 5.79. The van der Waals surface area contributed by atoms with Gasteiger partial charge in [0, 0.05) is 0 Å². The summed E-state index contributed by atoms with van der Waals surface area (Å²) in [5.41, 5.74) is -1.87. The highest BCUT2D eigenvalue weighted by Crippen LogP contribution is 2.76. The monoisotopic (exact) mass is 1810 g/mol. The van der Waals surface area contributed by atoms with Crippen LogP contribution in [0.1, 0.15) is 133 Å². The molecule has 5 aliphatic carbocycles. The molecule has 14 rings (SSSR count). The zero-order valence-electron chi connectivity index (χ0n) is 71.5. The number of allylic oxidation sites excluding steroid dienone is 2. The number of carbonyl (C=O) groups is 1. The van der Waals surface area contributed by atoms with Crippen LogP contribution in [0.4, 0.5) is 0 Å². The van der Waals surface area contributed by atoms with E-state index in [1.54, 1.807) is 0 Å². The Morgan fingerprint density at radius 3 is 1.42 bits per heavy atom. The quantitative estimate of drug-likeness (QED) is 0.0272. The predicted molar refractivity (Wildman–Crippen MR) is 410 cm³/mol. The molecule has 9 aliphatic heterocycles. The van der Waals surface area contributed by atoms with Gasteiger partial charge >= 0.3 is 5.97 Å². The van der Waals surface area contributed by atoms with Gasteiger partial charge in [-0.05, 0) is 130 Å². The van der Waals surface area contributed by atoms with E-state index in [1.807, 2.05) is 0 Å². The van der Waals surface area contributed by atoms with Gasteiger partial charge in [0.2, 0.25) is 6.29 Å². The van der Waals surface area contributed by atoms with E-state index in [2.05, 4.69) is 54.5 Å². The number of esters is 1. The summed E-state index contributed by atoms with van der Waals surface area (Å²) < 4.78 is 106. The number of aliphatic hydroxyl groups is 24. The van der Waals surface area contributed by atoms with Crippen molar-refractivity contribution in [1.29, 1.82) is 0 Å². The van der Waals surface area contributed by atoms with Crippen molar-refractivity contribution in [2.24, 2.45) is 50.2 Å². The van der Waals surface area contributed by atoms with Crippen molar-refractivity contribution in [3.8, 4) is 0 Å². The van der Waals surface area contributed by atoms with E-state index in [1.165, 1.54) is 20.8 Å². The van der Waals surface area contributed by atoms with Crippen molar-refractivity contribution < 1.29 is 213 Å². The number of aliphatic hydroxyl groups excluding tert-OH is 24. The Hall–Kier alpha value is -2.43. The molecule has 0 bridgehead atoms. The molecule has 9 heterocycles. The average Bonchev–Trinajstić information content (AvgIpc) is 0.672. The molecule has 0 aromatic heterocycles. The lowest BCUT2D eigenvalue weighted by Crippen LogP contribution is -2.67. The second-order valence-corrected chi connectivity index (χ2v) is 39.4. The standard InChI is InChI=1S/C82H134O43/c1-28-42(86)49(93)56(100)67(112-28)109-25-36-46(90)51(95)58(102)72(118-36)122-64-35(23-84)116-71(61(105)54(64)98)117-38-27-111-69(55(99)48(38)92)123-65-44(88)30(3)114-74(62(65)106)124-66-45(89)33(85)24-108-75(66)120-41-14-15-79(8)39(78(41,6)7)13-16-81(10)40(79)12-11-31-32-21-77(4,5)17-19-82(32,20-18-80(31,81)9)76(107)125-73-59(103)52(96)47(91)37(119-73)26-110-68-60(104)53(97)63(34(22-83)115-68)121-70-57(101)50(94)43(87)29(2)113-70/h11,28-30,32-75,83-106H,12-27H2,1-10H3. The summed E-state index contributed by atoms with van der Waals surface area (Å²) in [6, 6.07) is 0. The van der Waals surface area contributed by atoms with Gasteiger partial charge < -0.3 is 208 Å². The van der Waals surface area contributed by atoms with Crippen LogP contribution < -0.4 is 0 Å². The molecule has 14 aliphatic rings. The number of fused-ring (bicyclic) bond motifs is 7. The minimum absolute atomic E-state index is 0.0268. The fourth-order valence-electron chi connectivity index (χ4n) is 23.0. The number of carbonyl (C=O) groups excluding carboxylic acids is 1. The van der Waals surface area contributed by atoms with E-state index in [9.17, 15) is 123 Å². The van der Waals surface area contributed by atoms with Crippen LogP contribution in [0.25, 0.3) is 0 Å². The summed E-state index contributed by atoms with van der Waals surface area (Å²) in [7, 11) is 0. The van der Waals surface area contributed by atoms with Crippen molar-refractivity contribution in [1.82, 2.24) is 0 Å². The second-order valence-electron chi connectivity index (χ2n) is 39.4. The van der Waals surface area contributed by atoms with Crippen LogP contribution in [0.5, 0.6) is 0 Å². The van der Waals surface area contributed by atoms with Crippen LogP contribution in [-0.4, -0.2) is 438 Å². The molecule has 720 valence electrons. The largest absolute Gasteiger partial charge is 0.432 e. The fraction of sp³-hybridized carbons (Fsp3) is 0.963. The number of hydrogen-bond acceptors (Lipinski definition) is 43. The third kappa shape index (κ3) is 18.0. The Balaban J connectivity index is 0.590. The third-order valence-electron chi connectivity index (χ3n) is 31.1. The number of hydrogen-bond donors (Lipinski definition) is 24. The van der Waals surface area contributed by atoms with Crippen LogP contribution in [-0.2, 0) is 90.1 Å². The van der Waals surface area contributed by atoms with Gasteiger partial charge in [-0.2, -0.15) is 0 Å². The molecule has 9 saturated heterocycles. The molecule has 51 atom stereocenters. The lowest BCUT2D eigenvalue weighted by Gasteiger charge is -2.71. The van der Waals surface area contributed by atoms with Crippen molar-refractivity contribution in [2.75, 3.05) is 39.6 Å². The van der Waals surface area contributed by atoms with Gasteiger partial charge in [-0.25, -0.2) is 0 Å². The second kappa shape index (κ2) is 38.0. The van der Waals surface area contributed by atoms with Crippen molar-refractivity contribution in [3.63, 3.8) is 0 Å². The predicted octanol–water partition coefficient (Wildman–Crippen LogP) is -8.55. The average molecular weight is 1810 g/mol. The van der Waals surface area contributed by atoms with E-state index < -0.39 is 325 Å². The molecule has 0 spiro atoms. The third-order valence-corrected chi connectivity index (χ3v) is 31.1. The summed E-state index contributed by atoms with van der Waals surface area (Å²) in [6.07, 6.45) is -65.8. The Morgan fingerprint density at radius 2 is 0.832 bits per heavy atom. The van der Waals surface area contributed by atoms with Gasteiger partial charge in [0.1, 0.15) is 189 Å². The van der Waals surface area contributed by atoms with E-state index in [0.717, 1.165) is 18.4 Å². The molecule has 43 heteroatoms. The van der Waals surface area contributed by atoms with Gasteiger partial charge in [0.15, 0.2) is 50.3 Å². The lowest BCUT2D eigenvalue weighted by atomic mass is 9.33. The first-order valence-electron chi connectivity index (χ1n) is 43.8. The summed E-state index contributed by atoms with van der Waals surface area (Å²) in [6.45, 7) is 15.7.